The van der Waals surface area contributed by atoms with Crippen molar-refractivity contribution in [2.45, 2.75) is 30.9 Å². The first-order valence-electron chi connectivity index (χ1n) is 7.62. The molecule has 4 rings (SSSR count). The first-order valence-corrected chi connectivity index (χ1v) is 8.41. The largest absolute Gasteiger partial charge is 0.393 e. The van der Waals surface area contributed by atoms with Gasteiger partial charge in [-0.15, -0.1) is 0 Å². The molecule has 2 nitrogen and oxygen atoms in total. The van der Waals surface area contributed by atoms with Crippen LogP contribution in [0.15, 0.2) is 46.9 Å². The van der Waals surface area contributed by atoms with Crippen LogP contribution in [0.3, 0.4) is 0 Å². The van der Waals surface area contributed by atoms with Gasteiger partial charge in [0.15, 0.2) is 0 Å². The molecule has 0 saturated heterocycles. The number of hydrogen-bond donors (Lipinski definition) is 2. The van der Waals surface area contributed by atoms with Crippen LogP contribution in [0.4, 0.5) is 10.1 Å². The van der Waals surface area contributed by atoms with Crippen LogP contribution >= 0.6 is 15.9 Å². The summed E-state index contributed by atoms with van der Waals surface area (Å²) in [7, 11) is 0. The molecule has 114 valence electrons. The number of aliphatic hydroxyl groups excluding tert-OH is 1. The predicted molar refractivity (Wildman–Crippen MR) is 88.4 cm³/mol. The topological polar surface area (TPSA) is 32.3 Å². The van der Waals surface area contributed by atoms with Gasteiger partial charge in [0.2, 0.25) is 0 Å². The SMILES string of the molecule is O[C@H]1C[C@@H]2[C@H](C1)c1cc(Br)cc(F)c1N[C@H]2c1ccccc1. The van der Waals surface area contributed by atoms with Gasteiger partial charge in [0.05, 0.1) is 17.8 Å². The van der Waals surface area contributed by atoms with Crippen LogP contribution in [-0.2, 0) is 0 Å². The Morgan fingerprint density at radius 1 is 1.14 bits per heavy atom. The summed E-state index contributed by atoms with van der Waals surface area (Å²) >= 11 is 3.38. The van der Waals surface area contributed by atoms with Crippen LogP contribution in [-0.4, -0.2) is 11.2 Å². The van der Waals surface area contributed by atoms with Crippen molar-refractivity contribution >= 4 is 21.6 Å². The highest BCUT2D eigenvalue weighted by Crippen LogP contribution is 2.53. The van der Waals surface area contributed by atoms with Crippen LogP contribution < -0.4 is 5.32 Å². The fourth-order valence-corrected chi connectivity index (χ4v) is 4.51. The number of benzene rings is 2. The lowest BCUT2D eigenvalue weighted by Crippen LogP contribution is -2.29. The summed E-state index contributed by atoms with van der Waals surface area (Å²) in [5.41, 5.74) is 2.73. The third kappa shape index (κ3) is 2.25. The monoisotopic (exact) mass is 361 g/mol. The second-order valence-corrected chi connectivity index (χ2v) is 7.20. The van der Waals surface area contributed by atoms with E-state index in [2.05, 4.69) is 33.4 Å². The molecule has 4 heteroatoms. The first kappa shape index (κ1) is 14.2. The Hall–Kier alpha value is -1.39. The standard InChI is InChI=1S/C18H17BrFNO/c19-11-6-14-13-8-12(22)9-15(13)17(10-4-2-1-3-5-10)21-18(14)16(20)7-11/h1-7,12-13,15,17,21-22H,8-9H2/t12-,13-,15-,17+/m1/s1. The van der Waals surface area contributed by atoms with Gasteiger partial charge in [-0.3, -0.25) is 0 Å². The van der Waals surface area contributed by atoms with Crippen LogP contribution in [0.25, 0.3) is 0 Å². The van der Waals surface area contributed by atoms with Crippen LogP contribution in [0, 0.1) is 11.7 Å². The molecule has 1 saturated carbocycles. The Kier molecular flexibility index (Phi) is 3.46. The molecule has 1 aliphatic heterocycles. The molecule has 2 aliphatic rings. The maximum Gasteiger partial charge on any atom is 0.147 e. The number of rotatable bonds is 1. The van der Waals surface area contributed by atoms with Gasteiger partial charge >= 0.3 is 0 Å². The summed E-state index contributed by atoms with van der Waals surface area (Å²) in [5, 5.41) is 13.5. The van der Waals surface area contributed by atoms with Crippen molar-refractivity contribution in [2.24, 2.45) is 5.92 Å². The summed E-state index contributed by atoms with van der Waals surface area (Å²) in [5.74, 6) is 0.257. The van der Waals surface area contributed by atoms with Gasteiger partial charge in [-0.05, 0) is 47.9 Å². The molecule has 2 aromatic carbocycles. The van der Waals surface area contributed by atoms with E-state index in [1.807, 2.05) is 24.3 Å². The van der Waals surface area contributed by atoms with Crippen LogP contribution in [0.1, 0.15) is 35.9 Å². The Bertz CT molecular complexity index is 706. The van der Waals surface area contributed by atoms with Crippen molar-refractivity contribution in [1.82, 2.24) is 0 Å². The summed E-state index contributed by atoms with van der Waals surface area (Å²) < 4.78 is 15.2. The quantitative estimate of drug-likeness (QED) is 0.777. The number of hydrogen-bond acceptors (Lipinski definition) is 2. The van der Waals surface area contributed by atoms with Gasteiger partial charge in [-0.25, -0.2) is 4.39 Å². The minimum atomic E-state index is -0.309. The second-order valence-electron chi connectivity index (χ2n) is 6.28. The van der Waals surface area contributed by atoms with Gasteiger partial charge < -0.3 is 10.4 Å². The lowest BCUT2D eigenvalue weighted by Gasteiger charge is -2.37. The molecule has 1 fully saturated rings. The molecule has 0 unspecified atom stereocenters. The van der Waals surface area contributed by atoms with E-state index >= 15 is 0 Å². The van der Waals surface area contributed by atoms with E-state index in [0.717, 1.165) is 22.0 Å². The summed E-state index contributed by atoms with van der Waals surface area (Å²) in [6.45, 7) is 0. The van der Waals surface area contributed by atoms with Crippen LogP contribution in [0.5, 0.6) is 0 Å². The minimum Gasteiger partial charge on any atom is -0.393 e. The maximum absolute atomic E-state index is 14.4. The number of aliphatic hydroxyl groups is 1. The highest BCUT2D eigenvalue weighted by Gasteiger charge is 2.44. The molecule has 0 bridgehead atoms. The molecule has 0 aromatic heterocycles. The fraction of sp³-hybridized carbons (Fsp3) is 0.333. The average molecular weight is 362 g/mol. The molecule has 2 aromatic rings. The third-order valence-electron chi connectivity index (χ3n) is 4.96. The average Bonchev–Trinajstić information content (AvgIpc) is 2.89. The molecule has 0 spiro atoms. The van der Waals surface area contributed by atoms with Gasteiger partial charge in [0.25, 0.3) is 0 Å². The molecule has 0 radical (unpaired) electrons. The Morgan fingerprint density at radius 3 is 2.68 bits per heavy atom. The number of halogens is 2. The van der Waals surface area contributed by atoms with Crippen molar-refractivity contribution in [3.05, 3.63) is 63.9 Å². The van der Waals surface area contributed by atoms with Gasteiger partial charge in [-0.1, -0.05) is 46.3 Å². The zero-order valence-electron chi connectivity index (χ0n) is 12.0. The molecular formula is C18H17BrFNO. The van der Waals surface area contributed by atoms with Gasteiger partial charge in [-0.2, -0.15) is 0 Å². The highest BCUT2D eigenvalue weighted by atomic mass is 79.9. The van der Waals surface area contributed by atoms with E-state index in [-0.39, 0.29) is 23.9 Å². The second kappa shape index (κ2) is 5.36. The molecule has 0 amide bonds. The molecule has 1 aliphatic carbocycles. The Balaban J connectivity index is 1.84. The highest BCUT2D eigenvalue weighted by molar-refractivity contribution is 9.10. The molecule has 22 heavy (non-hydrogen) atoms. The van der Waals surface area contributed by atoms with Crippen molar-refractivity contribution < 1.29 is 9.50 Å². The number of fused-ring (bicyclic) bond motifs is 3. The first-order chi connectivity index (χ1) is 10.6. The third-order valence-corrected chi connectivity index (χ3v) is 5.42. The normalized spacial score (nSPS) is 29.6. The van der Waals surface area contributed by atoms with Crippen molar-refractivity contribution in [3.8, 4) is 0 Å². The zero-order valence-corrected chi connectivity index (χ0v) is 13.6. The molecule has 1 heterocycles. The fourth-order valence-electron chi connectivity index (χ4n) is 4.06. The lowest BCUT2D eigenvalue weighted by molar-refractivity contribution is 0.175. The Morgan fingerprint density at radius 2 is 1.91 bits per heavy atom. The zero-order chi connectivity index (χ0) is 15.3. The van der Waals surface area contributed by atoms with E-state index in [4.69, 9.17) is 0 Å². The van der Waals surface area contributed by atoms with Gasteiger partial charge in [0, 0.05) is 4.47 Å². The Labute approximate surface area is 137 Å². The lowest BCUT2D eigenvalue weighted by atomic mass is 9.77. The maximum atomic E-state index is 14.4. The molecular weight excluding hydrogens is 345 g/mol. The van der Waals surface area contributed by atoms with E-state index in [1.165, 1.54) is 6.07 Å². The van der Waals surface area contributed by atoms with E-state index in [9.17, 15) is 9.50 Å². The summed E-state index contributed by atoms with van der Waals surface area (Å²) in [6, 6.07) is 13.7. The van der Waals surface area contributed by atoms with E-state index in [0.29, 0.717) is 18.0 Å². The number of anilines is 1. The predicted octanol–water partition coefficient (Wildman–Crippen LogP) is 4.61. The van der Waals surface area contributed by atoms with Crippen LogP contribution in [0.2, 0.25) is 0 Å². The minimum absolute atomic E-state index is 0.0477. The van der Waals surface area contributed by atoms with E-state index in [1.54, 1.807) is 0 Å². The summed E-state index contributed by atoms with van der Waals surface area (Å²) in [6.07, 6.45) is 1.15. The molecule has 4 atom stereocenters. The van der Waals surface area contributed by atoms with Crippen molar-refractivity contribution in [3.63, 3.8) is 0 Å². The van der Waals surface area contributed by atoms with Gasteiger partial charge in [0.1, 0.15) is 5.82 Å². The van der Waals surface area contributed by atoms with Crippen molar-refractivity contribution in [2.75, 3.05) is 5.32 Å². The molecule has 2 N–H and O–H groups in total. The smallest absolute Gasteiger partial charge is 0.147 e. The summed E-state index contributed by atoms with van der Waals surface area (Å²) in [4.78, 5) is 0. The number of nitrogens with one attached hydrogen (secondary N) is 1. The van der Waals surface area contributed by atoms with Crippen molar-refractivity contribution in [1.29, 1.82) is 0 Å². The van der Waals surface area contributed by atoms with E-state index < -0.39 is 0 Å².